The van der Waals surface area contributed by atoms with E-state index in [-0.39, 0.29) is 30.1 Å². The van der Waals surface area contributed by atoms with Gasteiger partial charge in [0.1, 0.15) is 17.4 Å². The number of carbonyl (C=O) groups excluding carboxylic acids is 2. The predicted molar refractivity (Wildman–Crippen MR) is 122 cm³/mol. The number of para-hydroxylation sites is 1. The Morgan fingerprint density at radius 2 is 1.62 bits per heavy atom. The number of nitrogens with zero attached hydrogens (tertiary/aromatic N) is 2. The van der Waals surface area contributed by atoms with E-state index < -0.39 is 5.72 Å². The predicted octanol–water partition coefficient (Wildman–Crippen LogP) is 5.02. The molecule has 6 nitrogen and oxygen atoms in total. The molecule has 0 radical (unpaired) electrons. The third-order valence-corrected chi connectivity index (χ3v) is 6.37. The minimum atomic E-state index is -1.000. The SMILES string of the molecule is O=C(Nc1ccc(F)cc1)N1CCC2(CC1)Oc1ccccc1C(=O)N2Cc1ccccc1F. The highest BCUT2D eigenvalue weighted by Gasteiger charge is 2.49. The van der Waals surface area contributed by atoms with Crippen molar-refractivity contribution < 1.29 is 23.1 Å². The Morgan fingerprint density at radius 1 is 0.941 bits per heavy atom. The first-order valence-corrected chi connectivity index (χ1v) is 11.1. The van der Waals surface area contributed by atoms with Gasteiger partial charge in [-0.3, -0.25) is 9.69 Å². The van der Waals surface area contributed by atoms with Gasteiger partial charge < -0.3 is 15.0 Å². The molecule has 2 aliphatic rings. The van der Waals surface area contributed by atoms with Crippen LogP contribution in [-0.4, -0.2) is 40.6 Å². The molecule has 0 unspecified atom stereocenters. The number of hydrogen-bond acceptors (Lipinski definition) is 3. The second kappa shape index (κ2) is 8.78. The van der Waals surface area contributed by atoms with Crippen LogP contribution < -0.4 is 10.1 Å². The largest absolute Gasteiger partial charge is 0.467 e. The Labute approximate surface area is 195 Å². The summed E-state index contributed by atoms with van der Waals surface area (Å²) in [6.07, 6.45) is 0.719. The number of halogens is 2. The van der Waals surface area contributed by atoms with E-state index in [9.17, 15) is 18.4 Å². The molecular weight excluding hydrogens is 440 g/mol. The number of benzene rings is 3. The van der Waals surface area contributed by atoms with Crippen LogP contribution in [0.1, 0.15) is 28.8 Å². The minimum Gasteiger partial charge on any atom is -0.467 e. The summed E-state index contributed by atoms with van der Waals surface area (Å²) in [4.78, 5) is 29.5. The maximum absolute atomic E-state index is 14.5. The summed E-state index contributed by atoms with van der Waals surface area (Å²) >= 11 is 0. The molecule has 0 aliphatic carbocycles. The summed E-state index contributed by atoms with van der Waals surface area (Å²) in [5.41, 5.74) is 0.321. The number of nitrogens with one attached hydrogen (secondary N) is 1. The van der Waals surface area contributed by atoms with Gasteiger partial charge in [0.05, 0.1) is 12.1 Å². The monoisotopic (exact) mass is 463 g/mol. The summed E-state index contributed by atoms with van der Waals surface area (Å²) in [7, 11) is 0. The third-order valence-electron chi connectivity index (χ3n) is 6.37. The minimum absolute atomic E-state index is 0.0572. The Hall–Kier alpha value is -3.94. The molecule has 3 aromatic carbocycles. The zero-order valence-corrected chi connectivity index (χ0v) is 18.3. The lowest BCUT2D eigenvalue weighted by atomic mass is 9.93. The Balaban J connectivity index is 1.38. The molecule has 0 aromatic heterocycles. The van der Waals surface area contributed by atoms with Crippen molar-refractivity contribution in [1.82, 2.24) is 9.80 Å². The van der Waals surface area contributed by atoms with Crippen LogP contribution >= 0.6 is 0 Å². The van der Waals surface area contributed by atoms with Crippen LogP contribution in [-0.2, 0) is 6.54 Å². The van der Waals surface area contributed by atoms with Crippen LogP contribution in [0.5, 0.6) is 5.75 Å². The second-order valence-corrected chi connectivity index (χ2v) is 8.45. The van der Waals surface area contributed by atoms with Gasteiger partial charge in [-0.2, -0.15) is 0 Å². The van der Waals surface area contributed by atoms with Crippen molar-refractivity contribution in [2.75, 3.05) is 18.4 Å². The lowest BCUT2D eigenvalue weighted by Gasteiger charge is -2.50. The van der Waals surface area contributed by atoms with Crippen molar-refractivity contribution >= 4 is 17.6 Å². The van der Waals surface area contributed by atoms with Crippen LogP contribution in [0.3, 0.4) is 0 Å². The van der Waals surface area contributed by atoms with Crippen molar-refractivity contribution in [2.45, 2.75) is 25.1 Å². The number of hydrogen-bond donors (Lipinski definition) is 1. The lowest BCUT2D eigenvalue weighted by Crippen LogP contribution is -2.63. The van der Waals surface area contributed by atoms with Crippen molar-refractivity contribution in [3.05, 3.63) is 95.6 Å². The Kier molecular flexibility index (Phi) is 5.65. The molecule has 1 spiro atoms. The zero-order valence-electron chi connectivity index (χ0n) is 18.3. The molecule has 1 fully saturated rings. The number of ether oxygens (including phenoxy) is 1. The zero-order chi connectivity index (χ0) is 23.7. The quantitative estimate of drug-likeness (QED) is 0.593. The van der Waals surface area contributed by atoms with Gasteiger partial charge in [-0.1, -0.05) is 30.3 Å². The fraction of sp³-hybridized carbons (Fsp3) is 0.231. The fourth-order valence-electron chi connectivity index (χ4n) is 4.50. The van der Waals surface area contributed by atoms with Gasteiger partial charge in [0.15, 0.2) is 5.72 Å². The molecule has 8 heteroatoms. The highest BCUT2D eigenvalue weighted by atomic mass is 19.1. The van der Waals surface area contributed by atoms with Gasteiger partial charge in [-0.05, 0) is 42.5 Å². The van der Waals surface area contributed by atoms with Crippen molar-refractivity contribution in [1.29, 1.82) is 0 Å². The summed E-state index contributed by atoms with van der Waals surface area (Å²) in [5.74, 6) is -0.511. The first-order valence-electron chi connectivity index (χ1n) is 11.1. The smallest absolute Gasteiger partial charge is 0.321 e. The van der Waals surface area contributed by atoms with Gasteiger partial charge in [0.2, 0.25) is 0 Å². The second-order valence-electron chi connectivity index (χ2n) is 8.45. The maximum atomic E-state index is 14.5. The average molecular weight is 463 g/mol. The molecule has 3 amide bonds. The third kappa shape index (κ3) is 4.07. The summed E-state index contributed by atoms with van der Waals surface area (Å²) in [6, 6.07) is 18.6. The highest BCUT2D eigenvalue weighted by molar-refractivity contribution is 5.98. The van der Waals surface area contributed by atoms with Crippen molar-refractivity contribution in [2.24, 2.45) is 0 Å². The standard InChI is InChI=1S/C26H23F2N3O3/c27-19-9-11-20(12-10-19)29-25(33)30-15-13-26(14-16-30)31(17-18-5-1-3-7-22(18)28)24(32)21-6-2-4-8-23(21)34-26/h1-12H,13-17H2,(H,29,33). The van der Waals surface area contributed by atoms with Crippen LogP contribution in [0.4, 0.5) is 19.3 Å². The average Bonchev–Trinajstić information content (AvgIpc) is 2.85. The molecular formula is C26H23F2N3O3. The number of rotatable bonds is 3. The lowest BCUT2D eigenvalue weighted by molar-refractivity contribution is -0.109. The van der Waals surface area contributed by atoms with E-state index in [0.29, 0.717) is 48.5 Å². The molecule has 2 heterocycles. The molecule has 3 aromatic rings. The molecule has 5 rings (SSSR count). The van der Waals surface area contributed by atoms with Gasteiger partial charge in [-0.15, -0.1) is 0 Å². The Bertz CT molecular complexity index is 1220. The van der Waals surface area contributed by atoms with E-state index in [1.54, 1.807) is 52.3 Å². The van der Waals surface area contributed by atoms with Gasteiger partial charge in [0.25, 0.3) is 5.91 Å². The van der Waals surface area contributed by atoms with Crippen LogP contribution in [0.25, 0.3) is 0 Å². The van der Waals surface area contributed by atoms with Crippen LogP contribution in [0.2, 0.25) is 0 Å². The van der Waals surface area contributed by atoms with E-state index in [4.69, 9.17) is 4.74 Å². The van der Waals surface area contributed by atoms with E-state index in [2.05, 4.69) is 5.32 Å². The van der Waals surface area contributed by atoms with E-state index in [1.165, 1.54) is 30.3 Å². The van der Waals surface area contributed by atoms with E-state index in [1.807, 2.05) is 0 Å². The highest BCUT2D eigenvalue weighted by Crippen LogP contribution is 2.40. The number of carbonyl (C=O) groups is 2. The Morgan fingerprint density at radius 3 is 2.35 bits per heavy atom. The molecule has 1 saturated heterocycles. The summed E-state index contributed by atoms with van der Waals surface area (Å²) in [6.45, 7) is 0.716. The normalized spacial score (nSPS) is 16.7. The fourth-order valence-corrected chi connectivity index (χ4v) is 4.50. The first kappa shape index (κ1) is 21.9. The topological polar surface area (TPSA) is 61.9 Å². The summed E-state index contributed by atoms with van der Waals surface area (Å²) < 4.78 is 34.0. The van der Waals surface area contributed by atoms with Gasteiger partial charge in [0, 0.05) is 37.2 Å². The maximum Gasteiger partial charge on any atom is 0.321 e. The van der Waals surface area contributed by atoms with Crippen LogP contribution in [0, 0.1) is 11.6 Å². The number of fused-ring (bicyclic) bond motifs is 1. The van der Waals surface area contributed by atoms with Crippen molar-refractivity contribution in [3.8, 4) is 5.75 Å². The number of urea groups is 1. The van der Waals surface area contributed by atoms with E-state index in [0.717, 1.165) is 0 Å². The molecule has 174 valence electrons. The molecule has 0 saturated carbocycles. The van der Waals surface area contributed by atoms with E-state index >= 15 is 0 Å². The number of anilines is 1. The molecule has 0 atom stereocenters. The molecule has 34 heavy (non-hydrogen) atoms. The van der Waals surface area contributed by atoms with Crippen molar-refractivity contribution in [3.63, 3.8) is 0 Å². The first-order chi connectivity index (χ1) is 16.4. The van der Waals surface area contributed by atoms with Gasteiger partial charge >= 0.3 is 6.03 Å². The van der Waals surface area contributed by atoms with Crippen LogP contribution in [0.15, 0.2) is 72.8 Å². The summed E-state index contributed by atoms with van der Waals surface area (Å²) in [5, 5.41) is 2.76. The molecule has 0 bridgehead atoms. The van der Waals surface area contributed by atoms with Gasteiger partial charge in [-0.25, -0.2) is 13.6 Å². The number of piperidine rings is 1. The number of amides is 3. The molecule has 1 N–H and O–H groups in total. The molecule has 2 aliphatic heterocycles. The number of likely N-dealkylation sites (tertiary alicyclic amines) is 1.